The van der Waals surface area contributed by atoms with E-state index in [2.05, 4.69) is 20.3 Å². The molecule has 1 aromatic carbocycles. The van der Waals surface area contributed by atoms with Crippen LogP contribution < -0.4 is 16.0 Å². The topological polar surface area (TPSA) is 120 Å². The number of nitrogens with zero attached hydrogens (tertiary/aromatic N) is 3. The summed E-state index contributed by atoms with van der Waals surface area (Å²) in [5, 5.41) is 14.4. The van der Waals surface area contributed by atoms with Gasteiger partial charge in [0.05, 0.1) is 17.0 Å². The Kier molecular flexibility index (Phi) is 6.01. The number of H-pyrrole nitrogens is 1. The summed E-state index contributed by atoms with van der Waals surface area (Å²) in [5.41, 5.74) is 7.10. The van der Waals surface area contributed by atoms with Gasteiger partial charge in [-0.25, -0.2) is 9.97 Å². The molecule has 0 radical (unpaired) electrons. The van der Waals surface area contributed by atoms with Gasteiger partial charge in [-0.2, -0.15) is 0 Å². The molecule has 1 amide bonds. The lowest BCUT2D eigenvalue weighted by Gasteiger charge is -2.40. The quantitative estimate of drug-likeness (QED) is 0.477. The summed E-state index contributed by atoms with van der Waals surface area (Å²) in [5.74, 6) is 0.265. The maximum Gasteiger partial charge on any atom is 0.248 e. The zero-order valence-electron chi connectivity index (χ0n) is 16.5. The van der Waals surface area contributed by atoms with Gasteiger partial charge >= 0.3 is 0 Å². The molecule has 0 unspecified atom stereocenters. The SMILES string of the molecule is NC1(C(=O)N(c2ncnc3[nH]ccc23)[C@@H](CCO)c2ccc(Cl)cc2)CCNCC1. The van der Waals surface area contributed by atoms with Crippen LogP contribution in [0.15, 0.2) is 42.9 Å². The van der Waals surface area contributed by atoms with Crippen LogP contribution in [-0.4, -0.2) is 51.2 Å². The van der Waals surface area contributed by atoms with Crippen molar-refractivity contribution in [3.8, 4) is 0 Å². The zero-order chi connectivity index (χ0) is 21.1. The molecule has 3 aromatic rings. The van der Waals surface area contributed by atoms with Gasteiger partial charge in [0.2, 0.25) is 5.91 Å². The maximum absolute atomic E-state index is 13.9. The lowest BCUT2D eigenvalue weighted by atomic mass is 9.86. The van der Waals surface area contributed by atoms with Crippen molar-refractivity contribution in [1.29, 1.82) is 0 Å². The summed E-state index contributed by atoms with van der Waals surface area (Å²) >= 11 is 6.08. The van der Waals surface area contributed by atoms with E-state index in [4.69, 9.17) is 17.3 Å². The van der Waals surface area contributed by atoms with E-state index in [1.807, 2.05) is 18.2 Å². The number of amides is 1. The molecule has 0 aliphatic carbocycles. The number of carbonyl (C=O) groups is 1. The first kappa shape index (κ1) is 20.7. The van der Waals surface area contributed by atoms with E-state index in [1.165, 1.54) is 6.33 Å². The molecule has 4 rings (SSSR count). The number of nitrogens with two attached hydrogens (primary N) is 1. The van der Waals surface area contributed by atoms with Crippen molar-refractivity contribution in [3.05, 3.63) is 53.4 Å². The molecule has 1 saturated heterocycles. The molecule has 30 heavy (non-hydrogen) atoms. The van der Waals surface area contributed by atoms with E-state index in [-0.39, 0.29) is 12.5 Å². The van der Waals surface area contributed by atoms with E-state index in [0.29, 0.717) is 48.8 Å². The molecule has 3 heterocycles. The minimum absolute atomic E-state index is 0.0996. The van der Waals surface area contributed by atoms with Gasteiger partial charge in [-0.05, 0) is 56.1 Å². The molecule has 0 saturated carbocycles. The minimum atomic E-state index is -1.01. The van der Waals surface area contributed by atoms with Crippen LogP contribution in [0.5, 0.6) is 0 Å². The second kappa shape index (κ2) is 8.69. The number of nitrogens with one attached hydrogen (secondary N) is 2. The smallest absolute Gasteiger partial charge is 0.248 e. The van der Waals surface area contributed by atoms with Crippen LogP contribution >= 0.6 is 11.6 Å². The fourth-order valence-corrected chi connectivity index (χ4v) is 4.14. The van der Waals surface area contributed by atoms with Gasteiger partial charge < -0.3 is 21.1 Å². The predicted octanol–water partition coefficient (Wildman–Crippen LogP) is 2.15. The van der Waals surface area contributed by atoms with Crippen molar-refractivity contribution in [2.75, 3.05) is 24.6 Å². The van der Waals surface area contributed by atoms with Crippen molar-refractivity contribution in [2.45, 2.75) is 30.8 Å². The van der Waals surface area contributed by atoms with Crippen molar-refractivity contribution in [2.24, 2.45) is 5.73 Å². The first-order valence-corrected chi connectivity index (χ1v) is 10.4. The molecule has 5 N–H and O–H groups in total. The Balaban J connectivity index is 1.86. The first-order chi connectivity index (χ1) is 14.5. The van der Waals surface area contributed by atoms with Gasteiger partial charge in [-0.15, -0.1) is 0 Å². The van der Waals surface area contributed by atoms with Gasteiger partial charge in [0.25, 0.3) is 0 Å². The largest absolute Gasteiger partial charge is 0.396 e. The number of anilines is 1. The highest BCUT2D eigenvalue weighted by Gasteiger charge is 2.42. The third-order valence-electron chi connectivity index (χ3n) is 5.67. The van der Waals surface area contributed by atoms with Gasteiger partial charge in [0.1, 0.15) is 17.8 Å². The van der Waals surface area contributed by atoms with Crippen LogP contribution in [0.1, 0.15) is 30.9 Å². The van der Waals surface area contributed by atoms with Crippen LogP contribution in [-0.2, 0) is 4.79 Å². The molecule has 1 atom stereocenters. The second-order valence-corrected chi connectivity index (χ2v) is 8.03. The number of aliphatic hydroxyl groups is 1. The summed E-state index contributed by atoms with van der Waals surface area (Å²) in [4.78, 5) is 27.4. The van der Waals surface area contributed by atoms with Crippen LogP contribution in [0, 0.1) is 0 Å². The van der Waals surface area contributed by atoms with Crippen molar-refractivity contribution in [1.82, 2.24) is 20.3 Å². The average Bonchev–Trinajstić information content (AvgIpc) is 3.24. The number of aromatic amines is 1. The molecule has 0 bridgehead atoms. The van der Waals surface area contributed by atoms with Gasteiger partial charge in [0.15, 0.2) is 0 Å². The van der Waals surface area contributed by atoms with Crippen molar-refractivity contribution in [3.63, 3.8) is 0 Å². The molecule has 0 spiro atoms. The number of fused-ring (bicyclic) bond motifs is 1. The Morgan fingerprint density at radius 2 is 1.97 bits per heavy atom. The highest BCUT2D eigenvalue weighted by molar-refractivity contribution is 6.30. The van der Waals surface area contributed by atoms with Gasteiger partial charge in [0, 0.05) is 17.8 Å². The number of benzene rings is 1. The highest BCUT2D eigenvalue weighted by Crippen LogP contribution is 2.36. The second-order valence-electron chi connectivity index (χ2n) is 7.60. The van der Waals surface area contributed by atoms with Crippen molar-refractivity contribution >= 4 is 34.4 Å². The first-order valence-electron chi connectivity index (χ1n) is 10.0. The molecule has 2 aromatic heterocycles. The number of halogens is 1. The molecule has 9 heteroatoms. The summed E-state index contributed by atoms with van der Waals surface area (Å²) in [6.45, 7) is 1.24. The summed E-state index contributed by atoms with van der Waals surface area (Å²) in [6.07, 6.45) is 4.57. The van der Waals surface area contributed by atoms with Crippen molar-refractivity contribution < 1.29 is 9.90 Å². The van der Waals surface area contributed by atoms with E-state index in [0.717, 1.165) is 10.9 Å². The molecule has 158 valence electrons. The minimum Gasteiger partial charge on any atom is -0.396 e. The Hall–Kier alpha value is -2.52. The van der Waals surface area contributed by atoms with Crippen LogP contribution in [0.25, 0.3) is 11.0 Å². The van der Waals surface area contributed by atoms with Crippen LogP contribution in [0.4, 0.5) is 5.82 Å². The number of hydrogen-bond acceptors (Lipinski definition) is 6. The van der Waals surface area contributed by atoms with Crippen LogP contribution in [0.2, 0.25) is 5.02 Å². The summed E-state index contributed by atoms with van der Waals surface area (Å²) < 4.78 is 0. The normalized spacial score (nSPS) is 17.0. The predicted molar refractivity (Wildman–Crippen MR) is 116 cm³/mol. The Labute approximate surface area is 179 Å². The monoisotopic (exact) mass is 428 g/mol. The summed E-state index contributed by atoms with van der Waals surface area (Å²) in [7, 11) is 0. The van der Waals surface area contributed by atoms with E-state index in [1.54, 1.807) is 23.2 Å². The lowest BCUT2D eigenvalue weighted by Crippen LogP contribution is -2.60. The molecule has 8 nitrogen and oxygen atoms in total. The average molecular weight is 429 g/mol. The fraction of sp³-hybridized carbons (Fsp3) is 0.381. The fourth-order valence-electron chi connectivity index (χ4n) is 4.01. The summed E-state index contributed by atoms with van der Waals surface area (Å²) in [6, 6.07) is 8.67. The number of aromatic nitrogens is 3. The van der Waals surface area contributed by atoms with Gasteiger partial charge in [-0.3, -0.25) is 9.69 Å². The third-order valence-corrected chi connectivity index (χ3v) is 5.92. The highest BCUT2D eigenvalue weighted by atomic mass is 35.5. The van der Waals surface area contributed by atoms with E-state index >= 15 is 0 Å². The molecule has 1 fully saturated rings. The number of hydrogen-bond donors (Lipinski definition) is 4. The molecule has 1 aliphatic heterocycles. The molecular weight excluding hydrogens is 404 g/mol. The number of carbonyl (C=O) groups excluding carboxylic acids is 1. The lowest BCUT2D eigenvalue weighted by molar-refractivity contribution is -0.125. The number of rotatable bonds is 6. The van der Waals surface area contributed by atoms with E-state index in [9.17, 15) is 9.90 Å². The third kappa shape index (κ3) is 3.91. The van der Waals surface area contributed by atoms with E-state index < -0.39 is 11.6 Å². The molecular formula is C21H25ClN6O2. The maximum atomic E-state index is 13.9. The van der Waals surface area contributed by atoms with Crippen LogP contribution in [0.3, 0.4) is 0 Å². The zero-order valence-corrected chi connectivity index (χ0v) is 17.3. The number of aliphatic hydroxyl groups excluding tert-OH is 1. The molecule has 1 aliphatic rings. The number of piperidine rings is 1. The standard InChI is InChI=1S/C21H25ClN6O2/c22-15-3-1-14(2-4-15)17(6-12-29)28(20(30)21(23)7-10-24-11-8-21)19-16-5-9-25-18(16)26-13-27-19/h1-5,9,13,17,24,29H,6-8,10-12,23H2,(H,25,26,27)/t17-/m0/s1. The Bertz CT molecular complexity index is 1020. The van der Waals surface area contributed by atoms with Gasteiger partial charge in [-0.1, -0.05) is 23.7 Å². The Morgan fingerprint density at radius 3 is 2.67 bits per heavy atom. The Morgan fingerprint density at radius 1 is 1.23 bits per heavy atom.